The number of hydrogen-bond acceptors (Lipinski definition) is 3. The molecule has 0 saturated carbocycles. The highest BCUT2D eigenvalue weighted by Crippen LogP contribution is 2.35. The van der Waals surface area contributed by atoms with Gasteiger partial charge in [0.05, 0.1) is 7.11 Å². The number of carbonyl (C=O) groups is 2. The molecular weight excluding hydrogens is 196 g/mol. The van der Waals surface area contributed by atoms with E-state index in [1.807, 2.05) is 20.8 Å². The van der Waals surface area contributed by atoms with Gasteiger partial charge in [-0.2, -0.15) is 0 Å². The van der Waals surface area contributed by atoms with Gasteiger partial charge in [0.1, 0.15) is 0 Å². The van der Waals surface area contributed by atoms with Crippen molar-refractivity contribution in [3.8, 4) is 0 Å². The minimum atomic E-state index is -0.870. The average molecular weight is 216 g/mol. The molecule has 4 heteroatoms. The van der Waals surface area contributed by atoms with Crippen molar-refractivity contribution in [3.05, 3.63) is 0 Å². The SMILES string of the molecule is CCC(C)(C)C(CC(=O)O)CC(=O)OC. The van der Waals surface area contributed by atoms with Crippen LogP contribution in [0.15, 0.2) is 0 Å². The summed E-state index contributed by atoms with van der Waals surface area (Å²) in [4.78, 5) is 21.8. The fourth-order valence-corrected chi connectivity index (χ4v) is 1.41. The number of ether oxygens (including phenoxy) is 1. The van der Waals surface area contributed by atoms with Crippen molar-refractivity contribution < 1.29 is 19.4 Å². The van der Waals surface area contributed by atoms with E-state index in [-0.39, 0.29) is 30.1 Å². The van der Waals surface area contributed by atoms with Crippen LogP contribution in [0.5, 0.6) is 0 Å². The van der Waals surface area contributed by atoms with Gasteiger partial charge in [0, 0.05) is 12.8 Å². The van der Waals surface area contributed by atoms with E-state index in [1.54, 1.807) is 0 Å². The summed E-state index contributed by atoms with van der Waals surface area (Å²) in [5.74, 6) is -1.39. The van der Waals surface area contributed by atoms with Gasteiger partial charge in [0.15, 0.2) is 0 Å². The predicted octanol–water partition coefficient (Wildman–Crippen LogP) is 2.08. The van der Waals surface area contributed by atoms with Crippen LogP contribution in [0.1, 0.15) is 40.0 Å². The first kappa shape index (κ1) is 13.9. The quantitative estimate of drug-likeness (QED) is 0.690. The molecule has 0 aromatic heterocycles. The molecule has 0 aromatic rings. The monoisotopic (exact) mass is 216 g/mol. The van der Waals surface area contributed by atoms with Crippen LogP contribution in [-0.2, 0) is 14.3 Å². The molecule has 1 unspecified atom stereocenters. The van der Waals surface area contributed by atoms with Gasteiger partial charge < -0.3 is 9.84 Å². The molecule has 1 atom stereocenters. The Hall–Kier alpha value is -1.06. The third-order valence-electron chi connectivity index (χ3n) is 3.08. The van der Waals surface area contributed by atoms with Crippen LogP contribution in [0.3, 0.4) is 0 Å². The van der Waals surface area contributed by atoms with Crippen LogP contribution in [-0.4, -0.2) is 24.2 Å². The molecule has 0 heterocycles. The van der Waals surface area contributed by atoms with E-state index in [1.165, 1.54) is 7.11 Å². The van der Waals surface area contributed by atoms with Crippen LogP contribution in [0.25, 0.3) is 0 Å². The Bertz CT molecular complexity index is 233. The van der Waals surface area contributed by atoms with Crippen molar-refractivity contribution in [1.82, 2.24) is 0 Å². The second-order valence-corrected chi connectivity index (χ2v) is 4.42. The molecule has 0 fully saturated rings. The van der Waals surface area contributed by atoms with E-state index in [0.29, 0.717) is 0 Å². The van der Waals surface area contributed by atoms with Gasteiger partial charge in [-0.05, 0) is 11.3 Å². The van der Waals surface area contributed by atoms with E-state index < -0.39 is 5.97 Å². The Balaban J connectivity index is 4.57. The van der Waals surface area contributed by atoms with Crippen molar-refractivity contribution in [2.75, 3.05) is 7.11 Å². The summed E-state index contributed by atoms with van der Waals surface area (Å²) in [7, 11) is 1.32. The molecule has 0 rings (SSSR count). The van der Waals surface area contributed by atoms with Gasteiger partial charge in [-0.25, -0.2) is 0 Å². The Morgan fingerprint density at radius 1 is 1.33 bits per heavy atom. The zero-order valence-corrected chi connectivity index (χ0v) is 9.87. The number of carbonyl (C=O) groups excluding carboxylic acids is 1. The largest absolute Gasteiger partial charge is 0.481 e. The van der Waals surface area contributed by atoms with E-state index in [0.717, 1.165) is 6.42 Å². The maximum absolute atomic E-state index is 11.2. The molecule has 0 spiro atoms. The number of hydrogen-bond donors (Lipinski definition) is 1. The number of carboxylic acids is 1. The lowest BCUT2D eigenvalue weighted by atomic mass is 9.73. The van der Waals surface area contributed by atoms with Crippen LogP contribution in [0, 0.1) is 11.3 Å². The summed E-state index contributed by atoms with van der Waals surface area (Å²) in [5, 5.41) is 8.78. The smallest absolute Gasteiger partial charge is 0.305 e. The lowest BCUT2D eigenvalue weighted by molar-refractivity contribution is -0.145. The summed E-state index contributed by atoms with van der Waals surface area (Å²) in [6.45, 7) is 5.94. The minimum Gasteiger partial charge on any atom is -0.481 e. The summed E-state index contributed by atoms with van der Waals surface area (Å²) in [6, 6.07) is 0. The summed E-state index contributed by atoms with van der Waals surface area (Å²) in [5.41, 5.74) is -0.160. The molecule has 4 nitrogen and oxygen atoms in total. The number of methoxy groups -OCH3 is 1. The number of rotatable bonds is 6. The first-order valence-electron chi connectivity index (χ1n) is 5.12. The maximum Gasteiger partial charge on any atom is 0.305 e. The topological polar surface area (TPSA) is 63.6 Å². The third-order valence-corrected chi connectivity index (χ3v) is 3.08. The van der Waals surface area contributed by atoms with E-state index in [9.17, 15) is 9.59 Å². The lowest BCUT2D eigenvalue weighted by Crippen LogP contribution is -2.28. The predicted molar refractivity (Wildman–Crippen MR) is 56.4 cm³/mol. The number of carboxylic acid groups (broad SMARTS) is 1. The molecule has 0 aliphatic rings. The highest BCUT2D eigenvalue weighted by atomic mass is 16.5. The van der Waals surface area contributed by atoms with Gasteiger partial charge in [0.25, 0.3) is 0 Å². The normalized spacial score (nSPS) is 13.3. The first-order chi connectivity index (χ1) is 6.83. The second kappa shape index (κ2) is 5.73. The van der Waals surface area contributed by atoms with Gasteiger partial charge in [-0.1, -0.05) is 27.2 Å². The Morgan fingerprint density at radius 2 is 1.87 bits per heavy atom. The van der Waals surface area contributed by atoms with Crippen molar-refractivity contribution in [3.63, 3.8) is 0 Å². The Kier molecular flexibility index (Phi) is 5.33. The highest BCUT2D eigenvalue weighted by molar-refractivity contribution is 5.72. The van der Waals surface area contributed by atoms with E-state index in [2.05, 4.69) is 4.74 Å². The molecule has 0 aromatic carbocycles. The highest BCUT2D eigenvalue weighted by Gasteiger charge is 2.31. The molecule has 0 bridgehead atoms. The summed E-state index contributed by atoms with van der Waals surface area (Å²) >= 11 is 0. The van der Waals surface area contributed by atoms with Crippen LogP contribution < -0.4 is 0 Å². The van der Waals surface area contributed by atoms with Crippen LogP contribution in [0.4, 0.5) is 0 Å². The average Bonchev–Trinajstić information content (AvgIpc) is 2.15. The molecule has 1 N–H and O–H groups in total. The first-order valence-corrected chi connectivity index (χ1v) is 5.12. The standard InChI is InChI=1S/C11H20O4/c1-5-11(2,3)8(6-9(12)13)7-10(14)15-4/h8H,5-7H2,1-4H3,(H,12,13). The van der Waals surface area contributed by atoms with E-state index >= 15 is 0 Å². The lowest BCUT2D eigenvalue weighted by Gasteiger charge is -2.31. The Morgan fingerprint density at radius 3 is 2.20 bits per heavy atom. The fraction of sp³-hybridized carbons (Fsp3) is 0.818. The van der Waals surface area contributed by atoms with Crippen LogP contribution >= 0.6 is 0 Å². The van der Waals surface area contributed by atoms with Gasteiger partial charge in [-0.3, -0.25) is 9.59 Å². The zero-order chi connectivity index (χ0) is 12.1. The molecule has 88 valence electrons. The molecule has 0 amide bonds. The van der Waals surface area contributed by atoms with E-state index in [4.69, 9.17) is 5.11 Å². The molecule has 0 saturated heterocycles. The van der Waals surface area contributed by atoms with Gasteiger partial charge >= 0.3 is 11.9 Å². The zero-order valence-electron chi connectivity index (χ0n) is 9.87. The van der Waals surface area contributed by atoms with Gasteiger partial charge in [0.2, 0.25) is 0 Å². The fourth-order valence-electron chi connectivity index (χ4n) is 1.41. The third kappa shape index (κ3) is 4.81. The molecular formula is C11H20O4. The summed E-state index contributed by atoms with van der Waals surface area (Å²) < 4.78 is 4.57. The molecule has 0 radical (unpaired) electrons. The second-order valence-electron chi connectivity index (χ2n) is 4.42. The van der Waals surface area contributed by atoms with Crippen molar-refractivity contribution in [2.24, 2.45) is 11.3 Å². The molecule has 15 heavy (non-hydrogen) atoms. The van der Waals surface area contributed by atoms with Gasteiger partial charge in [-0.15, -0.1) is 0 Å². The number of aliphatic carboxylic acids is 1. The minimum absolute atomic E-state index is 0.00986. The molecule has 0 aliphatic carbocycles. The van der Waals surface area contributed by atoms with Crippen LogP contribution in [0.2, 0.25) is 0 Å². The van der Waals surface area contributed by atoms with Crippen molar-refractivity contribution in [2.45, 2.75) is 40.0 Å². The molecule has 0 aliphatic heterocycles. The Labute approximate surface area is 90.6 Å². The van der Waals surface area contributed by atoms with Crippen molar-refractivity contribution >= 4 is 11.9 Å². The summed E-state index contributed by atoms with van der Waals surface area (Å²) in [6.07, 6.45) is 1.02. The maximum atomic E-state index is 11.2. The number of esters is 1. The van der Waals surface area contributed by atoms with Crippen molar-refractivity contribution in [1.29, 1.82) is 0 Å².